The molecule has 4 heterocycles. The number of carbonyl (C=O) groups excluding carboxylic acids is 3. The summed E-state index contributed by atoms with van der Waals surface area (Å²) in [5.74, 6) is -1.16. The minimum absolute atomic E-state index is 0.153. The van der Waals surface area contributed by atoms with Gasteiger partial charge in [0.2, 0.25) is 5.91 Å². The Hall–Kier alpha value is -3.59. The van der Waals surface area contributed by atoms with Crippen LogP contribution in [-0.2, 0) is 19.9 Å². The van der Waals surface area contributed by atoms with E-state index in [0.29, 0.717) is 43.8 Å². The standard InChI is InChI=1S/C27H29FN4O4/c28-22-8-2-1-6-19(22)10-11-24(33)31-15-12-20(13-16-31)27(23-9-3-4-14-29-23)25(34)32(26(35)30-27)18-21-7-5-17-36-21/h1-4,6,8-11,14,20-21H,5,7,12-13,15-18H2,(H,30,35). The third kappa shape index (κ3) is 4.51. The zero-order chi connectivity index (χ0) is 25.1. The van der Waals surface area contributed by atoms with E-state index in [9.17, 15) is 18.8 Å². The van der Waals surface area contributed by atoms with Gasteiger partial charge in [0.25, 0.3) is 5.91 Å². The average Bonchev–Trinajstić information content (AvgIpc) is 3.51. The van der Waals surface area contributed by atoms with Gasteiger partial charge in [-0.2, -0.15) is 0 Å². The van der Waals surface area contributed by atoms with Crippen LogP contribution in [0, 0.1) is 11.7 Å². The molecule has 1 aromatic carbocycles. The lowest BCUT2D eigenvalue weighted by Gasteiger charge is -2.40. The maximum atomic E-state index is 13.9. The monoisotopic (exact) mass is 492 g/mol. The summed E-state index contributed by atoms with van der Waals surface area (Å²) in [5.41, 5.74) is -0.433. The fraction of sp³-hybridized carbons (Fsp3) is 0.407. The molecule has 188 valence electrons. The van der Waals surface area contributed by atoms with Gasteiger partial charge in [-0.05, 0) is 50.0 Å². The third-order valence-corrected chi connectivity index (χ3v) is 7.34. The van der Waals surface area contributed by atoms with Gasteiger partial charge in [-0.1, -0.05) is 24.3 Å². The van der Waals surface area contributed by atoms with Crippen molar-refractivity contribution >= 4 is 23.9 Å². The van der Waals surface area contributed by atoms with E-state index < -0.39 is 11.6 Å². The van der Waals surface area contributed by atoms with Crippen LogP contribution in [0.3, 0.4) is 0 Å². The lowest BCUT2D eigenvalue weighted by molar-refractivity contribution is -0.136. The molecule has 9 heteroatoms. The van der Waals surface area contributed by atoms with Gasteiger partial charge >= 0.3 is 6.03 Å². The van der Waals surface area contributed by atoms with Gasteiger partial charge in [-0.3, -0.25) is 19.5 Å². The lowest BCUT2D eigenvalue weighted by atomic mass is 9.75. The molecule has 2 unspecified atom stereocenters. The molecule has 0 radical (unpaired) electrons. The number of aromatic nitrogens is 1. The zero-order valence-electron chi connectivity index (χ0n) is 19.9. The SMILES string of the molecule is O=C(C=Cc1ccccc1F)N1CCC(C2(c3ccccn3)NC(=O)N(CC3CCCO3)C2=O)CC1. The van der Waals surface area contributed by atoms with Crippen LogP contribution in [0.4, 0.5) is 9.18 Å². The van der Waals surface area contributed by atoms with Crippen molar-refractivity contribution in [3.63, 3.8) is 0 Å². The number of benzene rings is 1. The molecule has 1 aromatic heterocycles. The van der Waals surface area contributed by atoms with Crippen molar-refractivity contribution < 1.29 is 23.5 Å². The van der Waals surface area contributed by atoms with E-state index in [1.54, 1.807) is 47.5 Å². The number of piperidine rings is 1. The summed E-state index contributed by atoms with van der Waals surface area (Å²) in [7, 11) is 0. The summed E-state index contributed by atoms with van der Waals surface area (Å²) in [6.45, 7) is 1.68. The number of halogens is 1. The molecular weight excluding hydrogens is 463 g/mol. The van der Waals surface area contributed by atoms with Crippen LogP contribution in [0.15, 0.2) is 54.7 Å². The summed E-state index contributed by atoms with van der Waals surface area (Å²) in [6, 6.07) is 11.2. The van der Waals surface area contributed by atoms with Gasteiger partial charge in [-0.15, -0.1) is 0 Å². The molecule has 3 aliphatic rings. The average molecular weight is 493 g/mol. The topological polar surface area (TPSA) is 91.8 Å². The highest BCUT2D eigenvalue weighted by atomic mass is 19.1. The van der Waals surface area contributed by atoms with Crippen LogP contribution < -0.4 is 5.32 Å². The van der Waals surface area contributed by atoms with Crippen molar-refractivity contribution in [2.75, 3.05) is 26.2 Å². The number of pyridine rings is 1. The van der Waals surface area contributed by atoms with Crippen LogP contribution in [-0.4, -0.2) is 65.0 Å². The van der Waals surface area contributed by atoms with Crippen LogP contribution in [0.2, 0.25) is 0 Å². The molecule has 5 rings (SSSR count). The first kappa shape index (κ1) is 24.1. The Bertz CT molecular complexity index is 1160. The number of imide groups is 1. The second kappa shape index (κ2) is 10.2. The Morgan fingerprint density at radius 3 is 2.61 bits per heavy atom. The van der Waals surface area contributed by atoms with E-state index in [2.05, 4.69) is 10.3 Å². The van der Waals surface area contributed by atoms with E-state index in [-0.39, 0.29) is 36.2 Å². The highest BCUT2D eigenvalue weighted by molar-refractivity contribution is 6.07. The van der Waals surface area contributed by atoms with E-state index in [4.69, 9.17) is 4.74 Å². The zero-order valence-corrected chi connectivity index (χ0v) is 19.9. The molecule has 36 heavy (non-hydrogen) atoms. The molecule has 8 nitrogen and oxygen atoms in total. The summed E-state index contributed by atoms with van der Waals surface area (Å²) in [6.07, 6.45) is 7.06. The molecular formula is C27H29FN4O4. The van der Waals surface area contributed by atoms with Crippen LogP contribution in [0.1, 0.15) is 36.9 Å². The summed E-state index contributed by atoms with van der Waals surface area (Å²) in [5, 5.41) is 2.98. The first-order chi connectivity index (χ1) is 17.5. The number of hydrogen-bond acceptors (Lipinski definition) is 5. The van der Waals surface area contributed by atoms with E-state index >= 15 is 0 Å². The number of nitrogens with one attached hydrogen (secondary N) is 1. The van der Waals surface area contributed by atoms with Crippen molar-refractivity contribution in [3.8, 4) is 0 Å². The molecule has 2 aromatic rings. The maximum Gasteiger partial charge on any atom is 0.325 e. The summed E-state index contributed by atoms with van der Waals surface area (Å²) in [4.78, 5) is 47.1. The third-order valence-electron chi connectivity index (χ3n) is 7.34. The Balaban J connectivity index is 1.33. The van der Waals surface area contributed by atoms with Gasteiger partial charge in [0.1, 0.15) is 5.82 Å². The second-order valence-electron chi connectivity index (χ2n) is 9.46. The molecule has 3 saturated heterocycles. The van der Waals surface area contributed by atoms with Crippen molar-refractivity contribution in [3.05, 3.63) is 71.8 Å². The van der Waals surface area contributed by atoms with Gasteiger partial charge in [0.15, 0.2) is 5.54 Å². The fourth-order valence-electron chi connectivity index (χ4n) is 5.42. The molecule has 0 bridgehead atoms. The van der Waals surface area contributed by atoms with Crippen molar-refractivity contribution in [2.45, 2.75) is 37.3 Å². The van der Waals surface area contributed by atoms with Crippen molar-refractivity contribution in [1.82, 2.24) is 20.1 Å². The second-order valence-corrected chi connectivity index (χ2v) is 9.46. The molecule has 3 aliphatic heterocycles. The lowest BCUT2D eigenvalue weighted by Crippen LogP contribution is -2.54. The first-order valence-electron chi connectivity index (χ1n) is 12.4. The normalized spacial score (nSPS) is 25.1. The van der Waals surface area contributed by atoms with E-state index in [0.717, 1.165) is 12.8 Å². The van der Waals surface area contributed by atoms with E-state index in [1.807, 2.05) is 0 Å². The van der Waals surface area contributed by atoms with Crippen molar-refractivity contribution in [1.29, 1.82) is 0 Å². The number of likely N-dealkylation sites (tertiary alicyclic amines) is 1. The number of carbonyl (C=O) groups is 3. The molecule has 0 aliphatic carbocycles. The first-order valence-corrected chi connectivity index (χ1v) is 12.4. The number of nitrogens with zero attached hydrogens (tertiary/aromatic N) is 3. The Labute approximate surface area is 209 Å². The van der Waals surface area contributed by atoms with Crippen molar-refractivity contribution in [2.24, 2.45) is 5.92 Å². The Morgan fingerprint density at radius 2 is 1.92 bits per heavy atom. The van der Waals surface area contributed by atoms with Gasteiger partial charge < -0.3 is 15.0 Å². The predicted molar refractivity (Wildman–Crippen MR) is 130 cm³/mol. The molecule has 0 saturated carbocycles. The molecule has 2 atom stereocenters. The van der Waals surface area contributed by atoms with Crippen LogP contribution in [0.5, 0.6) is 0 Å². The largest absolute Gasteiger partial charge is 0.376 e. The van der Waals surface area contributed by atoms with Gasteiger partial charge in [0, 0.05) is 43.5 Å². The summed E-state index contributed by atoms with van der Waals surface area (Å²) < 4.78 is 19.5. The number of ether oxygens (including phenoxy) is 1. The maximum absolute atomic E-state index is 13.9. The number of rotatable bonds is 6. The van der Waals surface area contributed by atoms with Gasteiger partial charge in [-0.25, -0.2) is 9.18 Å². The minimum atomic E-state index is -1.28. The smallest absolute Gasteiger partial charge is 0.325 e. The Morgan fingerprint density at radius 1 is 1.14 bits per heavy atom. The van der Waals surface area contributed by atoms with Crippen LogP contribution in [0.25, 0.3) is 6.08 Å². The highest BCUT2D eigenvalue weighted by Crippen LogP contribution is 2.41. The van der Waals surface area contributed by atoms with Gasteiger partial charge in [0.05, 0.1) is 18.3 Å². The fourth-order valence-corrected chi connectivity index (χ4v) is 5.42. The Kier molecular flexibility index (Phi) is 6.82. The quantitative estimate of drug-likeness (QED) is 0.494. The number of amides is 4. The summed E-state index contributed by atoms with van der Waals surface area (Å²) >= 11 is 0. The van der Waals surface area contributed by atoms with E-state index in [1.165, 1.54) is 23.1 Å². The minimum Gasteiger partial charge on any atom is -0.376 e. The highest BCUT2D eigenvalue weighted by Gasteiger charge is 2.58. The van der Waals surface area contributed by atoms with Crippen LogP contribution >= 0.6 is 0 Å². The number of urea groups is 1. The molecule has 1 N–H and O–H groups in total. The molecule has 0 spiro atoms. The molecule has 3 fully saturated rings. The number of hydrogen-bond donors (Lipinski definition) is 1. The predicted octanol–water partition coefficient (Wildman–Crippen LogP) is 3.10. The molecule has 4 amide bonds.